The van der Waals surface area contributed by atoms with E-state index >= 15 is 0 Å². The molecule has 2 N–H and O–H groups in total. The lowest BCUT2D eigenvalue weighted by molar-refractivity contribution is -0.134. The van der Waals surface area contributed by atoms with Crippen LogP contribution in [0.2, 0.25) is 0 Å². The number of carbonyl (C=O) groups is 2. The molecule has 1 aliphatic carbocycles. The van der Waals surface area contributed by atoms with E-state index < -0.39 is 0 Å². The van der Waals surface area contributed by atoms with Gasteiger partial charge in [0.15, 0.2) is 0 Å². The Kier molecular flexibility index (Phi) is 6.80. The molecular formula is C22H33N3O4. The van der Waals surface area contributed by atoms with Crippen molar-refractivity contribution in [2.75, 3.05) is 39.1 Å². The number of fused-ring (bicyclic) bond motifs is 1. The van der Waals surface area contributed by atoms with E-state index in [1.54, 1.807) is 4.90 Å². The van der Waals surface area contributed by atoms with E-state index in [0.717, 1.165) is 24.9 Å². The molecule has 1 aromatic carbocycles. The molecule has 0 aromatic heterocycles. The second kappa shape index (κ2) is 9.13. The lowest BCUT2D eigenvalue weighted by Gasteiger charge is -2.33. The van der Waals surface area contributed by atoms with E-state index in [4.69, 9.17) is 4.74 Å². The quantitative estimate of drug-likeness (QED) is 0.756. The Morgan fingerprint density at radius 1 is 1.38 bits per heavy atom. The number of carbonyl (C=O) groups excluding carboxylic acids is 2. The molecule has 0 bridgehead atoms. The summed E-state index contributed by atoms with van der Waals surface area (Å²) in [4.78, 5) is 29.0. The van der Waals surface area contributed by atoms with Gasteiger partial charge in [0.25, 0.3) is 0 Å². The van der Waals surface area contributed by atoms with Crippen molar-refractivity contribution in [2.45, 2.75) is 45.3 Å². The predicted octanol–water partition coefficient (Wildman–Crippen LogP) is 1.75. The van der Waals surface area contributed by atoms with Crippen LogP contribution in [0.5, 0.6) is 5.75 Å². The summed E-state index contributed by atoms with van der Waals surface area (Å²) in [6.07, 6.45) is 1.95. The Balaban J connectivity index is 1.91. The van der Waals surface area contributed by atoms with Crippen molar-refractivity contribution in [2.24, 2.45) is 11.8 Å². The van der Waals surface area contributed by atoms with Crippen LogP contribution in [0, 0.1) is 11.8 Å². The monoisotopic (exact) mass is 403 g/mol. The molecule has 1 heterocycles. The molecule has 3 atom stereocenters. The Bertz CT molecular complexity index is 748. The largest absolute Gasteiger partial charge is 0.488 e. The molecule has 1 aromatic rings. The number of aliphatic hydroxyl groups is 1. The summed E-state index contributed by atoms with van der Waals surface area (Å²) in [5.41, 5.74) is 1.45. The third-order valence-corrected chi connectivity index (χ3v) is 5.68. The average Bonchev–Trinajstić information content (AvgIpc) is 3.50. The topological polar surface area (TPSA) is 82.1 Å². The SMILES string of the molecule is C[C@@H]1CN([C@@H](C)CO)C(=O)Cc2cc(NC(=O)C3CC3)ccc2O[C@H]1CN(C)C. The number of nitrogens with zero attached hydrogens (tertiary/aromatic N) is 2. The van der Waals surface area contributed by atoms with Gasteiger partial charge in [0.1, 0.15) is 11.9 Å². The van der Waals surface area contributed by atoms with Crippen LogP contribution < -0.4 is 10.1 Å². The summed E-state index contributed by atoms with van der Waals surface area (Å²) in [6, 6.07) is 5.28. The van der Waals surface area contributed by atoms with Crippen LogP contribution in [0.25, 0.3) is 0 Å². The van der Waals surface area contributed by atoms with Gasteiger partial charge in [0, 0.05) is 36.2 Å². The highest BCUT2D eigenvalue weighted by Gasteiger charge is 2.32. The van der Waals surface area contributed by atoms with E-state index in [1.807, 2.05) is 39.2 Å². The molecule has 3 rings (SSSR count). The lowest BCUT2D eigenvalue weighted by atomic mass is 10.0. The highest BCUT2D eigenvalue weighted by atomic mass is 16.5. The molecule has 0 spiro atoms. The van der Waals surface area contributed by atoms with Crippen LogP contribution in [0.3, 0.4) is 0 Å². The zero-order chi connectivity index (χ0) is 21.1. The van der Waals surface area contributed by atoms with Crippen molar-refractivity contribution in [3.8, 4) is 5.75 Å². The molecular weight excluding hydrogens is 370 g/mol. The number of benzene rings is 1. The minimum absolute atomic E-state index is 0.0369. The number of anilines is 1. The zero-order valence-electron chi connectivity index (χ0n) is 17.9. The first-order valence-electron chi connectivity index (χ1n) is 10.4. The van der Waals surface area contributed by atoms with Crippen LogP contribution >= 0.6 is 0 Å². The number of ether oxygens (including phenoxy) is 1. The van der Waals surface area contributed by atoms with Gasteiger partial charge in [-0.05, 0) is 52.1 Å². The number of likely N-dealkylation sites (N-methyl/N-ethyl adjacent to an activating group) is 1. The zero-order valence-corrected chi connectivity index (χ0v) is 17.9. The second-order valence-electron chi connectivity index (χ2n) is 8.74. The molecule has 0 saturated heterocycles. The summed E-state index contributed by atoms with van der Waals surface area (Å²) in [5.74, 6) is 0.883. The van der Waals surface area contributed by atoms with E-state index in [1.165, 1.54) is 0 Å². The van der Waals surface area contributed by atoms with Crippen LogP contribution in [0.1, 0.15) is 32.3 Å². The van der Waals surface area contributed by atoms with Crippen molar-refractivity contribution >= 4 is 17.5 Å². The summed E-state index contributed by atoms with van der Waals surface area (Å²) in [5, 5.41) is 12.6. The Morgan fingerprint density at radius 2 is 2.10 bits per heavy atom. The Labute approximate surface area is 173 Å². The number of hydrogen-bond donors (Lipinski definition) is 2. The first-order valence-corrected chi connectivity index (χ1v) is 10.4. The fourth-order valence-electron chi connectivity index (χ4n) is 3.67. The minimum atomic E-state index is -0.260. The molecule has 29 heavy (non-hydrogen) atoms. The van der Waals surface area contributed by atoms with Gasteiger partial charge in [-0.3, -0.25) is 9.59 Å². The van der Waals surface area contributed by atoms with Crippen LogP contribution in [-0.4, -0.2) is 72.7 Å². The summed E-state index contributed by atoms with van der Waals surface area (Å²) in [6.45, 7) is 5.10. The van der Waals surface area contributed by atoms with Gasteiger partial charge in [0.2, 0.25) is 11.8 Å². The van der Waals surface area contributed by atoms with E-state index in [9.17, 15) is 14.7 Å². The molecule has 2 aliphatic rings. The number of hydrogen-bond acceptors (Lipinski definition) is 5. The molecule has 160 valence electrons. The molecule has 7 nitrogen and oxygen atoms in total. The normalized spacial score (nSPS) is 23.5. The molecule has 1 saturated carbocycles. The maximum absolute atomic E-state index is 13.1. The number of amides is 2. The first kappa shape index (κ1) is 21.6. The van der Waals surface area contributed by atoms with Crippen LogP contribution in [-0.2, 0) is 16.0 Å². The molecule has 0 unspecified atom stereocenters. The summed E-state index contributed by atoms with van der Waals surface area (Å²) >= 11 is 0. The third kappa shape index (κ3) is 5.48. The van der Waals surface area contributed by atoms with Gasteiger partial charge in [-0.1, -0.05) is 6.92 Å². The van der Waals surface area contributed by atoms with Crippen LogP contribution in [0.15, 0.2) is 18.2 Å². The highest BCUT2D eigenvalue weighted by Crippen LogP contribution is 2.32. The lowest BCUT2D eigenvalue weighted by Crippen LogP contribution is -2.47. The Morgan fingerprint density at radius 3 is 2.72 bits per heavy atom. The number of aliphatic hydroxyl groups excluding tert-OH is 1. The maximum Gasteiger partial charge on any atom is 0.227 e. The molecule has 2 amide bonds. The van der Waals surface area contributed by atoms with Crippen molar-refractivity contribution in [3.63, 3.8) is 0 Å². The second-order valence-corrected chi connectivity index (χ2v) is 8.74. The minimum Gasteiger partial charge on any atom is -0.488 e. The summed E-state index contributed by atoms with van der Waals surface area (Å²) < 4.78 is 6.37. The third-order valence-electron chi connectivity index (χ3n) is 5.68. The smallest absolute Gasteiger partial charge is 0.227 e. The van der Waals surface area contributed by atoms with Crippen molar-refractivity contribution in [1.29, 1.82) is 0 Å². The van der Waals surface area contributed by atoms with Gasteiger partial charge < -0.3 is 25.0 Å². The standard InChI is InChI=1S/C22H33N3O4/c1-14-11-25(15(2)13-26)21(27)10-17-9-18(23-22(28)16-5-6-16)7-8-19(17)29-20(14)12-24(3)4/h7-9,14-16,20,26H,5-6,10-13H2,1-4H3,(H,23,28)/t14-,15+,20+/m1/s1. The van der Waals surface area contributed by atoms with Gasteiger partial charge in [0.05, 0.1) is 19.1 Å². The highest BCUT2D eigenvalue weighted by molar-refractivity contribution is 5.94. The van der Waals surface area contributed by atoms with Gasteiger partial charge in [-0.25, -0.2) is 0 Å². The van der Waals surface area contributed by atoms with Gasteiger partial charge in [-0.2, -0.15) is 0 Å². The molecule has 7 heteroatoms. The van der Waals surface area contributed by atoms with Crippen LogP contribution in [0.4, 0.5) is 5.69 Å². The molecule has 0 radical (unpaired) electrons. The van der Waals surface area contributed by atoms with Crippen molar-refractivity contribution in [1.82, 2.24) is 9.80 Å². The number of rotatable bonds is 6. The first-order chi connectivity index (χ1) is 13.8. The van der Waals surface area contributed by atoms with Crippen molar-refractivity contribution in [3.05, 3.63) is 23.8 Å². The van der Waals surface area contributed by atoms with E-state index in [-0.39, 0.29) is 48.8 Å². The fraction of sp³-hybridized carbons (Fsp3) is 0.636. The summed E-state index contributed by atoms with van der Waals surface area (Å²) in [7, 11) is 4.00. The fourth-order valence-corrected chi connectivity index (χ4v) is 3.67. The van der Waals surface area contributed by atoms with E-state index in [0.29, 0.717) is 18.0 Å². The van der Waals surface area contributed by atoms with E-state index in [2.05, 4.69) is 17.1 Å². The average molecular weight is 404 g/mol. The molecule has 1 fully saturated rings. The van der Waals surface area contributed by atoms with Gasteiger partial charge in [-0.15, -0.1) is 0 Å². The number of nitrogens with one attached hydrogen (secondary N) is 1. The Hall–Kier alpha value is -2.12. The predicted molar refractivity (Wildman–Crippen MR) is 112 cm³/mol. The molecule has 1 aliphatic heterocycles. The van der Waals surface area contributed by atoms with Crippen molar-refractivity contribution < 1.29 is 19.4 Å². The maximum atomic E-state index is 13.1. The van der Waals surface area contributed by atoms with Gasteiger partial charge >= 0.3 is 0 Å².